The van der Waals surface area contributed by atoms with Crippen LogP contribution in [0.5, 0.6) is 0 Å². The lowest BCUT2D eigenvalue weighted by atomic mass is 10.2. The van der Waals surface area contributed by atoms with E-state index in [1.54, 1.807) is 0 Å². The SMILES string of the molecule is CCCn1ccc(CNCc2cccc(Cl)c2)c1. The summed E-state index contributed by atoms with van der Waals surface area (Å²) in [5.74, 6) is 0. The third kappa shape index (κ3) is 3.90. The van der Waals surface area contributed by atoms with E-state index in [0.29, 0.717) is 0 Å². The first-order valence-corrected chi connectivity index (χ1v) is 6.75. The van der Waals surface area contributed by atoms with Gasteiger partial charge in [0, 0.05) is 37.1 Å². The van der Waals surface area contributed by atoms with Crippen LogP contribution in [0.15, 0.2) is 42.7 Å². The maximum absolute atomic E-state index is 5.95. The summed E-state index contributed by atoms with van der Waals surface area (Å²) in [5.41, 5.74) is 2.54. The second kappa shape index (κ2) is 6.62. The van der Waals surface area contributed by atoms with Gasteiger partial charge in [-0.2, -0.15) is 0 Å². The van der Waals surface area contributed by atoms with Crippen molar-refractivity contribution in [3.05, 3.63) is 58.9 Å². The lowest BCUT2D eigenvalue weighted by Gasteiger charge is -2.04. The fourth-order valence-corrected chi connectivity index (χ4v) is 2.20. The molecule has 1 N–H and O–H groups in total. The van der Waals surface area contributed by atoms with Crippen LogP contribution in [-0.2, 0) is 19.6 Å². The van der Waals surface area contributed by atoms with Gasteiger partial charge in [-0.15, -0.1) is 0 Å². The van der Waals surface area contributed by atoms with Gasteiger partial charge in [0.15, 0.2) is 0 Å². The van der Waals surface area contributed by atoms with Crippen LogP contribution in [0, 0.1) is 0 Å². The zero-order chi connectivity index (χ0) is 12.8. The van der Waals surface area contributed by atoms with Gasteiger partial charge in [-0.3, -0.25) is 0 Å². The van der Waals surface area contributed by atoms with Crippen LogP contribution >= 0.6 is 11.6 Å². The molecule has 96 valence electrons. The predicted octanol–water partition coefficient (Wildman–Crippen LogP) is 3.84. The summed E-state index contributed by atoms with van der Waals surface area (Å²) in [5, 5.41) is 4.22. The maximum atomic E-state index is 5.95. The predicted molar refractivity (Wildman–Crippen MR) is 76.7 cm³/mol. The maximum Gasteiger partial charge on any atom is 0.0409 e. The average molecular weight is 263 g/mol. The minimum absolute atomic E-state index is 0.795. The highest BCUT2D eigenvalue weighted by Crippen LogP contribution is 2.10. The van der Waals surface area contributed by atoms with Crippen molar-refractivity contribution in [1.82, 2.24) is 9.88 Å². The molecule has 2 nitrogen and oxygen atoms in total. The number of rotatable bonds is 6. The molecular formula is C15H19ClN2. The number of nitrogens with zero attached hydrogens (tertiary/aromatic N) is 1. The Hall–Kier alpha value is -1.25. The second-order valence-electron chi connectivity index (χ2n) is 4.49. The molecule has 0 spiro atoms. The number of aromatic nitrogens is 1. The van der Waals surface area contributed by atoms with Crippen molar-refractivity contribution in [2.24, 2.45) is 0 Å². The molecule has 1 heterocycles. The zero-order valence-electron chi connectivity index (χ0n) is 10.7. The quantitative estimate of drug-likeness (QED) is 0.837. The molecule has 0 saturated heterocycles. The van der Waals surface area contributed by atoms with Crippen molar-refractivity contribution in [2.45, 2.75) is 33.0 Å². The standard InChI is InChI=1S/C15H19ClN2/c1-2-7-18-8-6-14(12-18)11-17-10-13-4-3-5-15(16)9-13/h3-6,8-9,12,17H,2,7,10-11H2,1H3. The molecule has 0 amide bonds. The Morgan fingerprint density at radius 1 is 1.17 bits per heavy atom. The van der Waals surface area contributed by atoms with Gasteiger partial charge in [0.1, 0.15) is 0 Å². The van der Waals surface area contributed by atoms with Gasteiger partial charge in [-0.05, 0) is 35.7 Å². The molecule has 2 aromatic rings. The topological polar surface area (TPSA) is 17.0 Å². The minimum Gasteiger partial charge on any atom is -0.354 e. The van der Waals surface area contributed by atoms with Crippen LogP contribution in [0.2, 0.25) is 5.02 Å². The minimum atomic E-state index is 0.795. The van der Waals surface area contributed by atoms with Gasteiger partial charge in [0.2, 0.25) is 0 Å². The van der Waals surface area contributed by atoms with E-state index < -0.39 is 0 Å². The number of hydrogen-bond acceptors (Lipinski definition) is 1. The Morgan fingerprint density at radius 2 is 2.00 bits per heavy atom. The third-order valence-corrected chi connectivity index (χ3v) is 3.08. The summed E-state index contributed by atoms with van der Waals surface area (Å²) in [4.78, 5) is 0. The number of aryl methyl sites for hydroxylation is 1. The average Bonchev–Trinajstić information content (AvgIpc) is 2.78. The van der Waals surface area contributed by atoms with Crippen molar-refractivity contribution in [2.75, 3.05) is 0 Å². The normalized spacial score (nSPS) is 10.8. The molecule has 0 aliphatic carbocycles. The first kappa shape index (κ1) is 13.2. The molecule has 0 unspecified atom stereocenters. The van der Waals surface area contributed by atoms with Crippen LogP contribution < -0.4 is 5.32 Å². The van der Waals surface area contributed by atoms with E-state index in [1.165, 1.54) is 17.5 Å². The lowest BCUT2D eigenvalue weighted by Crippen LogP contribution is -2.12. The molecule has 0 radical (unpaired) electrons. The summed E-state index contributed by atoms with van der Waals surface area (Å²) in [7, 11) is 0. The van der Waals surface area contributed by atoms with Gasteiger partial charge in [-0.25, -0.2) is 0 Å². The molecule has 0 aliphatic rings. The fraction of sp³-hybridized carbons (Fsp3) is 0.333. The zero-order valence-corrected chi connectivity index (χ0v) is 11.5. The molecular weight excluding hydrogens is 244 g/mol. The number of benzene rings is 1. The van der Waals surface area contributed by atoms with E-state index in [2.05, 4.69) is 41.3 Å². The van der Waals surface area contributed by atoms with Gasteiger partial charge in [0.25, 0.3) is 0 Å². The summed E-state index contributed by atoms with van der Waals surface area (Å²) in [6.45, 7) is 5.02. The van der Waals surface area contributed by atoms with Gasteiger partial charge < -0.3 is 9.88 Å². The molecule has 0 saturated carbocycles. The van der Waals surface area contributed by atoms with Gasteiger partial charge >= 0.3 is 0 Å². The van der Waals surface area contributed by atoms with Crippen LogP contribution in [0.25, 0.3) is 0 Å². The Morgan fingerprint density at radius 3 is 2.78 bits per heavy atom. The van der Waals surface area contributed by atoms with Crippen molar-refractivity contribution in [1.29, 1.82) is 0 Å². The Balaban J connectivity index is 1.81. The molecule has 3 heteroatoms. The molecule has 0 atom stereocenters. The van der Waals surface area contributed by atoms with Crippen molar-refractivity contribution in [3.63, 3.8) is 0 Å². The molecule has 2 rings (SSSR count). The first-order valence-electron chi connectivity index (χ1n) is 6.37. The van der Waals surface area contributed by atoms with E-state index in [9.17, 15) is 0 Å². The van der Waals surface area contributed by atoms with Crippen LogP contribution in [0.1, 0.15) is 24.5 Å². The molecule has 0 bridgehead atoms. The first-order chi connectivity index (χ1) is 8.78. The highest BCUT2D eigenvalue weighted by Gasteiger charge is 1.97. The summed E-state index contributed by atoms with van der Waals surface area (Å²) in [6.07, 6.45) is 5.51. The number of hydrogen-bond donors (Lipinski definition) is 1. The van der Waals surface area contributed by atoms with E-state index in [-0.39, 0.29) is 0 Å². The second-order valence-corrected chi connectivity index (χ2v) is 4.93. The molecule has 0 aliphatic heterocycles. The molecule has 1 aromatic carbocycles. The monoisotopic (exact) mass is 262 g/mol. The van der Waals surface area contributed by atoms with Gasteiger partial charge in [0.05, 0.1) is 0 Å². The Bertz CT molecular complexity index is 491. The van der Waals surface area contributed by atoms with Crippen LogP contribution in [0.4, 0.5) is 0 Å². The summed E-state index contributed by atoms with van der Waals surface area (Å²) in [6, 6.07) is 10.1. The summed E-state index contributed by atoms with van der Waals surface area (Å²) >= 11 is 5.95. The molecule has 0 fully saturated rings. The molecule has 1 aromatic heterocycles. The lowest BCUT2D eigenvalue weighted by molar-refractivity contribution is 0.668. The summed E-state index contributed by atoms with van der Waals surface area (Å²) < 4.78 is 2.23. The van der Waals surface area contributed by atoms with E-state index in [4.69, 9.17) is 11.6 Å². The largest absolute Gasteiger partial charge is 0.354 e. The van der Waals surface area contributed by atoms with E-state index in [0.717, 1.165) is 24.7 Å². The highest BCUT2D eigenvalue weighted by molar-refractivity contribution is 6.30. The number of halogens is 1. The van der Waals surface area contributed by atoms with Crippen molar-refractivity contribution < 1.29 is 0 Å². The molecule has 18 heavy (non-hydrogen) atoms. The van der Waals surface area contributed by atoms with Crippen LogP contribution in [0.3, 0.4) is 0 Å². The van der Waals surface area contributed by atoms with E-state index in [1.807, 2.05) is 18.2 Å². The Labute approximate surface area is 114 Å². The fourth-order valence-electron chi connectivity index (χ4n) is 1.99. The Kier molecular flexibility index (Phi) is 4.85. The van der Waals surface area contributed by atoms with E-state index >= 15 is 0 Å². The smallest absolute Gasteiger partial charge is 0.0409 e. The third-order valence-electron chi connectivity index (χ3n) is 2.84. The van der Waals surface area contributed by atoms with Gasteiger partial charge in [-0.1, -0.05) is 30.7 Å². The van der Waals surface area contributed by atoms with Crippen LogP contribution in [-0.4, -0.2) is 4.57 Å². The van der Waals surface area contributed by atoms with Crippen molar-refractivity contribution >= 4 is 11.6 Å². The highest BCUT2D eigenvalue weighted by atomic mass is 35.5. The number of nitrogens with one attached hydrogen (secondary N) is 1. The van der Waals surface area contributed by atoms with Crippen molar-refractivity contribution in [3.8, 4) is 0 Å².